The van der Waals surface area contributed by atoms with Gasteiger partial charge in [0, 0.05) is 32.0 Å². The lowest BCUT2D eigenvalue weighted by atomic mass is 10.2. The quantitative estimate of drug-likeness (QED) is 0.150. The average Bonchev–Trinajstić information content (AvgIpc) is 3.03. The van der Waals surface area contributed by atoms with Gasteiger partial charge in [-0.2, -0.15) is 0 Å². The number of amides is 6. The SMILES string of the molecule is CC(=O)OCNC(=O)[C@H](C)NC(=O)[C@H](C)NC(=O)[C@H](C)NC(=O)CCN1C(=O)C=CC1=O. The second-order valence-corrected chi connectivity index (χ2v) is 6.98. The second kappa shape index (κ2) is 12.2. The van der Waals surface area contributed by atoms with E-state index in [1.54, 1.807) is 0 Å². The lowest BCUT2D eigenvalue weighted by Gasteiger charge is -2.20. The number of imide groups is 1. The van der Waals surface area contributed by atoms with Gasteiger partial charge in [-0.15, -0.1) is 0 Å². The fourth-order valence-corrected chi connectivity index (χ4v) is 2.41. The van der Waals surface area contributed by atoms with Crippen molar-refractivity contribution in [3.63, 3.8) is 0 Å². The maximum Gasteiger partial charge on any atom is 0.304 e. The smallest absolute Gasteiger partial charge is 0.304 e. The Morgan fingerprint density at radius 3 is 1.81 bits per heavy atom. The fourth-order valence-electron chi connectivity index (χ4n) is 2.41. The Morgan fingerprint density at radius 2 is 1.31 bits per heavy atom. The molecule has 6 amide bonds. The molecule has 1 rings (SSSR count). The minimum atomic E-state index is -1.02. The molecule has 0 aliphatic carbocycles. The van der Waals surface area contributed by atoms with Crippen molar-refractivity contribution in [1.29, 1.82) is 0 Å². The number of esters is 1. The molecule has 32 heavy (non-hydrogen) atoms. The Bertz CT molecular complexity index is 807. The van der Waals surface area contributed by atoms with Crippen molar-refractivity contribution in [3.8, 4) is 0 Å². The Hall–Kier alpha value is -3.77. The van der Waals surface area contributed by atoms with E-state index >= 15 is 0 Å². The molecule has 1 heterocycles. The van der Waals surface area contributed by atoms with Crippen LogP contribution in [0, 0.1) is 0 Å². The Labute approximate surface area is 184 Å². The number of hydrogen-bond donors (Lipinski definition) is 4. The van der Waals surface area contributed by atoms with Crippen LogP contribution in [0.15, 0.2) is 12.2 Å². The maximum atomic E-state index is 12.2. The molecule has 0 aromatic rings. The Balaban J connectivity index is 2.39. The van der Waals surface area contributed by atoms with E-state index in [4.69, 9.17) is 0 Å². The highest BCUT2D eigenvalue weighted by atomic mass is 16.5. The van der Waals surface area contributed by atoms with Crippen LogP contribution in [-0.2, 0) is 38.3 Å². The first kappa shape index (κ1) is 26.3. The van der Waals surface area contributed by atoms with Gasteiger partial charge in [-0.05, 0) is 20.8 Å². The van der Waals surface area contributed by atoms with Crippen LogP contribution < -0.4 is 21.3 Å². The highest BCUT2D eigenvalue weighted by molar-refractivity contribution is 6.13. The number of nitrogens with one attached hydrogen (secondary N) is 4. The molecule has 0 bridgehead atoms. The van der Waals surface area contributed by atoms with Crippen molar-refractivity contribution in [2.45, 2.75) is 52.2 Å². The van der Waals surface area contributed by atoms with Gasteiger partial charge in [-0.25, -0.2) is 0 Å². The van der Waals surface area contributed by atoms with Gasteiger partial charge in [0.15, 0.2) is 6.73 Å². The summed E-state index contributed by atoms with van der Waals surface area (Å²) in [6.07, 6.45) is 2.02. The van der Waals surface area contributed by atoms with Crippen LogP contribution in [0.25, 0.3) is 0 Å². The third-order valence-corrected chi connectivity index (χ3v) is 4.26. The van der Waals surface area contributed by atoms with Crippen LogP contribution in [-0.4, -0.2) is 77.7 Å². The Kier molecular flexibility index (Phi) is 9.99. The lowest BCUT2D eigenvalue weighted by Crippen LogP contribution is -2.54. The first-order chi connectivity index (χ1) is 14.9. The summed E-state index contributed by atoms with van der Waals surface area (Å²) in [6.45, 7) is 4.91. The van der Waals surface area contributed by atoms with E-state index < -0.39 is 59.5 Å². The van der Waals surface area contributed by atoms with Crippen molar-refractivity contribution in [3.05, 3.63) is 12.2 Å². The number of carbonyl (C=O) groups excluding carboxylic acids is 7. The van der Waals surface area contributed by atoms with Gasteiger partial charge < -0.3 is 26.0 Å². The summed E-state index contributed by atoms with van der Waals surface area (Å²) >= 11 is 0. The lowest BCUT2D eigenvalue weighted by molar-refractivity contribution is -0.143. The van der Waals surface area contributed by atoms with Crippen molar-refractivity contribution in [2.75, 3.05) is 13.3 Å². The molecule has 0 saturated heterocycles. The Morgan fingerprint density at radius 1 is 0.844 bits per heavy atom. The highest BCUT2D eigenvalue weighted by Crippen LogP contribution is 2.04. The predicted octanol–water partition coefficient (Wildman–Crippen LogP) is -2.55. The summed E-state index contributed by atoms with van der Waals surface area (Å²) in [5.41, 5.74) is 0. The van der Waals surface area contributed by atoms with Gasteiger partial charge in [0.25, 0.3) is 11.8 Å². The summed E-state index contributed by atoms with van der Waals surface area (Å²) in [4.78, 5) is 82.7. The van der Waals surface area contributed by atoms with E-state index in [9.17, 15) is 33.6 Å². The summed E-state index contributed by atoms with van der Waals surface area (Å²) in [7, 11) is 0. The van der Waals surface area contributed by atoms with Crippen LogP contribution in [0.5, 0.6) is 0 Å². The van der Waals surface area contributed by atoms with E-state index in [2.05, 4.69) is 26.0 Å². The average molecular weight is 453 g/mol. The van der Waals surface area contributed by atoms with Crippen LogP contribution in [0.1, 0.15) is 34.1 Å². The standard InChI is InChI=1S/C19H27N5O8/c1-10(17(29)20-9-32-13(4)25)22-19(31)12(3)23-18(30)11(2)21-14(26)7-8-24-15(27)5-6-16(24)28/h5-6,10-12H,7-9H2,1-4H3,(H,20,29)(H,21,26)(H,22,31)(H,23,30)/t10-,11-,12-/m0/s1. The number of nitrogens with zero attached hydrogens (tertiary/aromatic N) is 1. The third kappa shape index (κ3) is 8.53. The van der Waals surface area contributed by atoms with E-state index in [0.29, 0.717) is 0 Å². The molecule has 0 saturated carbocycles. The summed E-state index contributed by atoms with van der Waals surface area (Å²) in [5, 5.41) is 9.50. The number of carbonyl (C=O) groups is 7. The topological polar surface area (TPSA) is 180 Å². The summed E-state index contributed by atoms with van der Waals surface area (Å²) in [5.74, 6) is -4.05. The molecule has 0 spiro atoms. The predicted molar refractivity (Wildman–Crippen MR) is 108 cm³/mol. The second-order valence-electron chi connectivity index (χ2n) is 6.98. The molecule has 0 aromatic heterocycles. The first-order valence-electron chi connectivity index (χ1n) is 9.77. The third-order valence-electron chi connectivity index (χ3n) is 4.26. The molecule has 4 N–H and O–H groups in total. The number of hydrogen-bond acceptors (Lipinski definition) is 8. The van der Waals surface area contributed by atoms with Gasteiger partial charge in [-0.1, -0.05) is 0 Å². The van der Waals surface area contributed by atoms with E-state index in [0.717, 1.165) is 17.1 Å². The summed E-state index contributed by atoms with van der Waals surface area (Å²) in [6, 6.07) is -2.97. The van der Waals surface area contributed by atoms with E-state index in [-0.39, 0.29) is 19.7 Å². The summed E-state index contributed by atoms with van der Waals surface area (Å²) < 4.78 is 4.57. The van der Waals surface area contributed by atoms with Crippen LogP contribution >= 0.6 is 0 Å². The number of rotatable bonds is 11. The molecule has 176 valence electrons. The van der Waals surface area contributed by atoms with Crippen molar-refractivity contribution >= 4 is 41.4 Å². The zero-order valence-electron chi connectivity index (χ0n) is 18.2. The van der Waals surface area contributed by atoms with Crippen LogP contribution in [0.3, 0.4) is 0 Å². The largest absolute Gasteiger partial charge is 0.445 e. The molecule has 0 aromatic carbocycles. The van der Waals surface area contributed by atoms with E-state index in [1.807, 2.05) is 0 Å². The van der Waals surface area contributed by atoms with E-state index in [1.165, 1.54) is 27.7 Å². The van der Waals surface area contributed by atoms with Crippen molar-refractivity contribution in [1.82, 2.24) is 26.2 Å². The van der Waals surface area contributed by atoms with Gasteiger partial charge in [-0.3, -0.25) is 38.5 Å². The fraction of sp³-hybridized carbons (Fsp3) is 0.526. The van der Waals surface area contributed by atoms with Crippen LogP contribution in [0.4, 0.5) is 0 Å². The van der Waals surface area contributed by atoms with Gasteiger partial charge in [0.1, 0.15) is 18.1 Å². The molecule has 0 unspecified atom stereocenters. The molecule has 1 aliphatic rings. The van der Waals surface area contributed by atoms with Crippen molar-refractivity contribution in [2.24, 2.45) is 0 Å². The molecule has 3 atom stereocenters. The van der Waals surface area contributed by atoms with Crippen molar-refractivity contribution < 1.29 is 38.3 Å². The monoisotopic (exact) mass is 453 g/mol. The minimum absolute atomic E-state index is 0.124. The molecule has 13 nitrogen and oxygen atoms in total. The van der Waals surface area contributed by atoms with Gasteiger partial charge in [0.05, 0.1) is 0 Å². The van der Waals surface area contributed by atoms with Crippen LogP contribution in [0.2, 0.25) is 0 Å². The molecule has 1 aliphatic heterocycles. The minimum Gasteiger partial charge on any atom is -0.445 e. The first-order valence-corrected chi connectivity index (χ1v) is 9.77. The molecule has 0 fully saturated rings. The molecule has 13 heteroatoms. The normalized spacial score (nSPS) is 15.4. The highest BCUT2D eigenvalue weighted by Gasteiger charge is 2.26. The number of ether oxygens (including phenoxy) is 1. The molecule has 0 radical (unpaired) electrons. The zero-order valence-corrected chi connectivity index (χ0v) is 18.2. The molecular weight excluding hydrogens is 426 g/mol. The van der Waals surface area contributed by atoms with Gasteiger partial charge >= 0.3 is 5.97 Å². The zero-order chi connectivity index (χ0) is 24.4. The van der Waals surface area contributed by atoms with Gasteiger partial charge in [0.2, 0.25) is 23.6 Å². The molecular formula is C19H27N5O8. The maximum absolute atomic E-state index is 12.2.